The van der Waals surface area contributed by atoms with E-state index in [1.807, 2.05) is 0 Å². The van der Waals surface area contributed by atoms with Crippen molar-refractivity contribution >= 4 is 0 Å². The van der Waals surface area contributed by atoms with Crippen molar-refractivity contribution in [3.05, 3.63) is 35.4 Å². The molecule has 1 aromatic carbocycles. The lowest BCUT2D eigenvalue weighted by molar-refractivity contribution is 0.280. The number of benzene rings is 1. The zero-order valence-electron chi connectivity index (χ0n) is 14.5. The molecule has 0 aliphatic heterocycles. The third-order valence-corrected chi connectivity index (χ3v) is 5.06. The van der Waals surface area contributed by atoms with Crippen molar-refractivity contribution in [3.63, 3.8) is 0 Å². The Bertz CT molecular complexity index is 418. The Morgan fingerprint density at radius 1 is 1.00 bits per heavy atom. The van der Waals surface area contributed by atoms with E-state index in [-0.39, 0.29) is 5.41 Å². The Hall–Kier alpha value is -0.820. The van der Waals surface area contributed by atoms with Crippen molar-refractivity contribution in [2.75, 3.05) is 13.1 Å². The largest absolute Gasteiger partial charge is 0.316 e. The first-order valence-electron chi connectivity index (χ1n) is 8.80. The van der Waals surface area contributed by atoms with Gasteiger partial charge in [0.1, 0.15) is 0 Å². The maximum Gasteiger partial charge on any atom is 0.00777 e. The van der Waals surface area contributed by atoms with Crippen LogP contribution in [0.25, 0.3) is 0 Å². The first-order chi connectivity index (χ1) is 9.98. The lowest BCUT2D eigenvalue weighted by Crippen LogP contribution is -2.40. The highest BCUT2D eigenvalue weighted by Crippen LogP contribution is 2.39. The molecule has 0 amide bonds. The lowest BCUT2D eigenvalue weighted by Gasteiger charge is -2.38. The minimum absolute atomic E-state index is 0.249. The van der Waals surface area contributed by atoms with E-state index in [0.29, 0.717) is 5.41 Å². The SMILES string of the molecule is CCCNCC1(c2ccc(C(C)(C)C)cc2)CCCCC1. The van der Waals surface area contributed by atoms with Crippen LogP contribution in [-0.2, 0) is 10.8 Å². The molecule has 0 unspecified atom stereocenters. The summed E-state index contributed by atoms with van der Waals surface area (Å²) in [5.41, 5.74) is 3.63. The van der Waals surface area contributed by atoms with Crippen LogP contribution in [-0.4, -0.2) is 13.1 Å². The number of hydrogen-bond donors (Lipinski definition) is 1. The molecule has 0 radical (unpaired) electrons. The standard InChI is InChI=1S/C20H33N/c1-5-15-21-16-20(13-7-6-8-14-20)18-11-9-17(10-12-18)19(2,3)4/h9-12,21H,5-8,13-16H2,1-4H3. The van der Waals surface area contributed by atoms with Crippen molar-refractivity contribution in [2.24, 2.45) is 0 Å². The molecule has 1 saturated carbocycles. The predicted octanol–water partition coefficient (Wildman–Crippen LogP) is 5.19. The highest BCUT2D eigenvalue weighted by molar-refractivity contribution is 5.33. The van der Waals surface area contributed by atoms with Gasteiger partial charge in [0.05, 0.1) is 0 Å². The molecule has 0 heterocycles. The van der Waals surface area contributed by atoms with Crippen molar-refractivity contribution in [1.82, 2.24) is 5.32 Å². The summed E-state index contributed by atoms with van der Waals surface area (Å²) in [5, 5.41) is 3.69. The molecule has 1 N–H and O–H groups in total. The van der Waals surface area contributed by atoms with Crippen LogP contribution in [0.3, 0.4) is 0 Å². The highest BCUT2D eigenvalue weighted by atomic mass is 14.9. The van der Waals surface area contributed by atoms with Crippen molar-refractivity contribution in [1.29, 1.82) is 0 Å². The molecule has 0 aromatic heterocycles. The predicted molar refractivity (Wildman–Crippen MR) is 93.1 cm³/mol. The Kier molecular flexibility index (Phi) is 5.48. The van der Waals surface area contributed by atoms with Gasteiger partial charge in [-0.15, -0.1) is 0 Å². The minimum Gasteiger partial charge on any atom is -0.316 e. The molecule has 1 heteroatoms. The van der Waals surface area contributed by atoms with Crippen molar-refractivity contribution in [2.45, 2.75) is 77.0 Å². The molecule has 0 spiro atoms. The van der Waals surface area contributed by atoms with E-state index in [4.69, 9.17) is 0 Å². The van der Waals surface area contributed by atoms with Gasteiger partial charge < -0.3 is 5.32 Å². The topological polar surface area (TPSA) is 12.0 Å². The van der Waals surface area contributed by atoms with Gasteiger partial charge in [-0.3, -0.25) is 0 Å². The third kappa shape index (κ3) is 4.10. The summed E-state index contributed by atoms with van der Waals surface area (Å²) in [4.78, 5) is 0. The fourth-order valence-corrected chi connectivity index (χ4v) is 3.62. The maximum atomic E-state index is 3.69. The van der Waals surface area contributed by atoms with Crippen molar-refractivity contribution < 1.29 is 0 Å². The number of hydrogen-bond acceptors (Lipinski definition) is 1. The Morgan fingerprint density at radius 3 is 2.14 bits per heavy atom. The molecule has 1 aromatic rings. The molecule has 0 bridgehead atoms. The smallest absolute Gasteiger partial charge is 0.00777 e. The molecule has 0 atom stereocenters. The third-order valence-electron chi connectivity index (χ3n) is 5.06. The van der Waals surface area contributed by atoms with E-state index in [1.54, 1.807) is 5.56 Å². The maximum absolute atomic E-state index is 3.69. The summed E-state index contributed by atoms with van der Waals surface area (Å²) in [5.74, 6) is 0. The van der Waals surface area contributed by atoms with Crippen LogP contribution in [0.4, 0.5) is 0 Å². The Balaban J connectivity index is 2.20. The molecule has 2 rings (SSSR count). The minimum atomic E-state index is 0.249. The van der Waals surface area contributed by atoms with Gasteiger partial charge in [-0.1, -0.05) is 71.2 Å². The van der Waals surface area contributed by atoms with E-state index < -0.39 is 0 Å². The van der Waals surface area contributed by atoms with Gasteiger partial charge in [-0.2, -0.15) is 0 Å². The summed E-state index contributed by atoms with van der Waals surface area (Å²) < 4.78 is 0. The lowest BCUT2D eigenvalue weighted by atomic mass is 9.69. The first-order valence-corrected chi connectivity index (χ1v) is 8.80. The second-order valence-electron chi connectivity index (χ2n) is 7.85. The van der Waals surface area contributed by atoms with Gasteiger partial charge in [0.2, 0.25) is 0 Å². The van der Waals surface area contributed by atoms with Gasteiger partial charge in [0, 0.05) is 12.0 Å². The molecule has 1 fully saturated rings. The van der Waals surface area contributed by atoms with Crippen LogP contribution in [0.5, 0.6) is 0 Å². The quantitative estimate of drug-likeness (QED) is 0.735. The molecule has 0 saturated heterocycles. The molecule has 21 heavy (non-hydrogen) atoms. The zero-order chi connectivity index (χ0) is 15.3. The zero-order valence-corrected chi connectivity index (χ0v) is 14.5. The number of nitrogens with one attached hydrogen (secondary N) is 1. The van der Waals surface area contributed by atoms with Gasteiger partial charge in [-0.05, 0) is 42.3 Å². The van der Waals surface area contributed by atoms with Gasteiger partial charge in [-0.25, -0.2) is 0 Å². The van der Waals surface area contributed by atoms with E-state index in [0.717, 1.165) is 13.1 Å². The van der Waals surface area contributed by atoms with Gasteiger partial charge in [0.15, 0.2) is 0 Å². The molecule has 1 aliphatic rings. The fourth-order valence-electron chi connectivity index (χ4n) is 3.62. The van der Waals surface area contributed by atoms with Crippen molar-refractivity contribution in [3.8, 4) is 0 Å². The summed E-state index contributed by atoms with van der Waals surface area (Å²) in [7, 11) is 0. The summed E-state index contributed by atoms with van der Waals surface area (Å²) in [6.45, 7) is 11.4. The molecular weight excluding hydrogens is 254 g/mol. The normalized spacial score (nSPS) is 18.7. The monoisotopic (exact) mass is 287 g/mol. The van der Waals surface area contributed by atoms with Crippen LogP contribution >= 0.6 is 0 Å². The van der Waals surface area contributed by atoms with E-state index in [9.17, 15) is 0 Å². The molecule has 1 nitrogen and oxygen atoms in total. The van der Waals surface area contributed by atoms with Crippen LogP contribution in [0, 0.1) is 0 Å². The summed E-state index contributed by atoms with van der Waals surface area (Å²) in [6, 6.07) is 9.51. The second-order valence-corrected chi connectivity index (χ2v) is 7.85. The van der Waals surface area contributed by atoms with Crippen LogP contribution in [0.1, 0.15) is 77.3 Å². The van der Waals surface area contributed by atoms with Gasteiger partial charge in [0.25, 0.3) is 0 Å². The van der Waals surface area contributed by atoms with E-state index in [2.05, 4.69) is 57.3 Å². The summed E-state index contributed by atoms with van der Waals surface area (Å²) in [6.07, 6.45) is 8.09. The van der Waals surface area contributed by atoms with Crippen LogP contribution in [0.2, 0.25) is 0 Å². The molecule has 118 valence electrons. The number of rotatable bonds is 5. The average molecular weight is 287 g/mol. The van der Waals surface area contributed by atoms with Crippen LogP contribution < -0.4 is 5.32 Å². The van der Waals surface area contributed by atoms with E-state index >= 15 is 0 Å². The Labute approximate surface area is 131 Å². The van der Waals surface area contributed by atoms with Gasteiger partial charge >= 0.3 is 0 Å². The highest BCUT2D eigenvalue weighted by Gasteiger charge is 2.33. The summed E-state index contributed by atoms with van der Waals surface area (Å²) >= 11 is 0. The van der Waals surface area contributed by atoms with E-state index in [1.165, 1.54) is 44.1 Å². The fraction of sp³-hybridized carbons (Fsp3) is 0.700. The first kappa shape index (κ1) is 16.5. The van der Waals surface area contributed by atoms with Crippen LogP contribution in [0.15, 0.2) is 24.3 Å². The molecule has 1 aliphatic carbocycles. The Morgan fingerprint density at radius 2 is 1.62 bits per heavy atom. The average Bonchev–Trinajstić information content (AvgIpc) is 2.48. The molecular formula is C20H33N. The second kappa shape index (κ2) is 6.96.